The minimum absolute atomic E-state index is 0.0305. The maximum atomic E-state index is 12.0. The third-order valence-electron chi connectivity index (χ3n) is 4.16. The van der Waals surface area contributed by atoms with Crippen LogP contribution in [0.25, 0.3) is 0 Å². The van der Waals surface area contributed by atoms with Gasteiger partial charge in [-0.1, -0.05) is 42.5 Å². The number of carbonyl (C=O) groups excluding carboxylic acids is 1. The molecule has 1 fully saturated rings. The first-order valence-electron chi connectivity index (χ1n) is 7.28. The molecule has 0 heterocycles. The van der Waals surface area contributed by atoms with E-state index in [9.17, 15) is 9.90 Å². The minimum atomic E-state index is 0.0305. The molecule has 0 radical (unpaired) electrons. The Bertz CT molecular complexity index is 615. The Hall–Kier alpha value is -2.29. The van der Waals surface area contributed by atoms with Crippen LogP contribution in [0.4, 0.5) is 0 Å². The predicted molar refractivity (Wildman–Crippen MR) is 82.2 cm³/mol. The third kappa shape index (κ3) is 3.24. The first-order chi connectivity index (χ1) is 10.2. The second-order valence-electron chi connectivity index (χ2n) is 5.77. The molecule has 1 saturated carbocycles. The van der Waals surface area contributed by atoms with E-state index >= 15 is 0 Å². The molecule has 2 N–H and O–H groups in total. The zero-order chi connectivity index (χ0) is 14.7. The van der Waals surface area contributed by atoms with E-state index in [0.717, 1.165) is 18.4 Å². The molecule has 0 bridgehead atoms. The van der Waals surface area contributed by atoms with Crippen LogP contribution in [0, 0.1) is 0 Å². The lowest BCUT2D eigenvalue weighted by Crippen LogP contribution is -2.33. The number of phenolic OH excluding ortho intramolecular Hbond substituents is 1. The highest BCUT2D eigenvalue weighted by atomic mass is 16.3. The summed E-state index contributed by atoms with van der Waals surface area (Å²) in [5.74, 6) is 0.253. The predicted octanol–water partition coefficient (Wildman–Crippen LogP) is 2.78. The number of amides is 1. The van der Waals surface area contributed by atoms with Gasteiger partial charge in [0, 0.05) is 12.0 Å². The van der Waals surface area contributed by atoms with Gasteiger partial charge >= 0.3 is 0 Å². The number of hydrogen-bond donors (Lipinski definition) is 2. The second-order valence-corrected chi connectivity index (χ2v) is 5.77. The summed E-state index contributed by atoms with van der Waals surface area (Å²) in [6.07, 6.45) is 2.62. The Morgan fingerprint density at radius 3 is 2.33 bits per heavy atom. The topological polar surface area (TPSA) is 49.3 Å². The molecule has 2 aromatic carbocycles. The van der Waals surface area contributed by atoms with Crippen LogP contribution >= 0.6 is 0 Å². The normalized spacial score (nSPS) is 15.4. The van der Waals surface area contributed by atoms with Gasteiger partial charge in [-0.2, -0.15) is 0 Å². The van der Waals surface area contributed by atoms with Crippen molar-refractivity contribution in [1.29, 1.82) is 0 Å². The van der Waals surface area contributed by atoms with Gasteiger partial charge in [0.2, 0.25) is 5.91 Å². The van der Waals surface area contributed by atoms with Gasteiger partial charge in [0.15, 0.2) is 0 Å². The lowest BCUT2D eigenvalue weighted by Gasteiger charge is -2.16. The first kappa shape index (κ1) is 13.7. The molecule has 1 aliphatic rings. The summed E-state index contributed by atoms with van der Waals surface area (Å²) < 4.78 is 0. The highest BCUT2D eigenvalue weighted by Gasteiger charge is 2.44. The van der Waals surface area contributed by atoms with Gasteiger partial charge in [-0.05, 0) is 36.1 Å². The van der Waals surface area contributed by atoms with Crippen LogP contribution in [0.15, 0.2) is 54.6 Å². The number of benzene rings is 2. The molecular formula is C18H19NO2. The fraction of sp³-hybridized carbons (Fsp3) is 0.278. The fourth-order valence-corrected chi connectivity index (χ4v) is 2.64. The number of aromatic hydroxyl groups is 1. The van der Waals surface area contributed by atoms with Crippen molar-refractivity contribution in [2.75, 3.05) is 6.54 Å². The number of rotatable bonds is 5. The Kier molecular flexibility index (Phi) is 3.65. The molecule has 0 aliphatic heterocycles. The molecular weight excluding hydrogens is 262 g/mol. The van der Waals surface area contributed by atoms with Crippen molar-refractivity contribution in [2.45, 2.75) is 24.7 Å². The Morgan fingerprint density at radius 1 is 1.05 bits per heavy atom. The largest absolute Gasteiger partial charge is 0.508 e. The maximum Gasteiger partial charge on any atom is 0.224 e. The summed E-state index contributed by atoms with van der Waals surface area (Å²) in [6, 6.07) is 17.2. The molecule has 0 aromatic heterocycles. The van der Waals surface area contributed by atoms with E-state index in [2.05, 4.69) is 17.4 Å². The van der Waals surface area contributed by atoms with Crippen molar-refractivity contribution >= 4 is 5.91 Å². The van der Waals surface area contributed by atoms with E-state index in [-0.39, 0.29) is 17.1 Å². The van der Waals surface area contributed by atoms with Crippen LogP contribution < -0.4 is 5.32 Å². The Labute approximate surface area is 124 Å². The van der Waals surface area contributed by atoms with Crippen molar-refractivity contribution < 1.29 is 9.90 Å². The van der Waals surface area contributed by atoms with Crippen molar-refractivity contribution in [3.63, 3.8) is 0 Å². The SMILES string of the molecule is O=C(Cc1ccc(O)cc1)NCC1(c2ccccc2)CC1. The van der Waals surface area contributed by atoms with Crippen molar-refractivity contribution in [3.8, 4) is 5.75 Å². The number of carbonyl (C=O) groups is 1. The van der Waals surface area contributed by atoms with Crippen molar-refractivity contribution in [3.05, 3.63) is 65.7 Å². The highest BCUT2D eigenvalue weighted by molar-refractivity contribution is 5.78. The molecule has 108 valence electrons. The lowest BCUT2D eigenvalue weighted by atomic mass is 9.96. The zero-order valence-electron chi connectivity index (χ0n) is 11.9. The van der Waals surface area contributed by atoms with Crippen molar-refractivity contribution in [2.24, 2.45) is 0 Å². The smallest absolute Gasteiger partial charge is 0.224 e. The lowest BCUT2D eigenvalue weighted by molar-refractivity contribution is -0.120. The van der Waals surface area contributed by atoms with E-state index < -0.39 is 0 Å². The van der Waals surface area contributed by atoms with E-state index in [1.807, 2.05) is 18.2 Å². The first-order valence-corrected chi connectivity index (χ1v) is 7.28. The zero-order valence-corrected chi connectivity index (χ0v) is 11.9. The van der Waals surface area contributed by atoms with Gasteiger partial charge in [-0.15, -0.1) is 0 Å². The van der Waals surface area contributed by atoms with Gasteiger partial charge in [0.25, 0.3) is 0 Å². The van der Waals surface area contributed by atoms with Crippen LogP contribution in [-0.4, -0.2) is 17.6 Å². The van der Waals surface area contributed by atoms with Crippen LogP contribution in [0.5, 0.6) is 5.75 Å². The summed E-state index contributed by atoms with van der Waals surface area (Å²) in [4.78, 5) is 12.0. The molecule has 0 atom stereocenters. The van der Waals surface area contributed by atoms with Gasteiger partial charge in [-0.3, -0.25) is 4.79 Å². The molecule has 2 aromatic rings. The Morgan fingerprint density at radius 2 is 1.71 bits per heavy atom. The molecule has 1 amide bonds. The van der Waals surface area contributed by atoms with E-state index in [0.29, 0.717) is 13.0 Å². The van der Waals surface area contributed by atoms with E-state index in [1.54, 1.807) is 24.3 Å². The average molecular weight is 281 g/mol. The summed E-state index contributed by atoms with van der Waals surface area (Å²) in [7, 11) is 0. The molecule has 0 spiro atoms. The van der Waals surface area contributed by atoms with Crippen LogP contribution in [0.1, 0.15) is 24.0 Å². The highest BCUT2D eigenvalue weighted by Crippen LogP contribution is 2.47. The number of nitrogens with one attached hydrogen (secondary N) is 1. The number of hydrogen-bond acceptors (Lipinski definition) is 2. The standard InChI is InChI=1S/C18H19NO2/c20-16-8-6-14(7-9-16)12-17(21)19-13-18(10-11-18)15-4-2-1-3-5-15/h1-9,20H,10-13H2,(H,19,21). The molecule has 3 heteroatoms. The van der Waals surface area contributed by atoms with Crippen LogP contribution in [0.2, 0.25) is 0 Å². The van der Waals surface area contributed by atoms with Crippen LogP contribution in [-0.2, 0) is 16.6 Å². The summed E-state index contributed by atoms with van der Waals surface area (Å²) in [6.45, 7) is 0.702. The summed E-state index contributed by atoms with van der Waals surface area (Å²) >= 11 is 0. The average Bonchev–Trinajstić information content (AvgIpc) is 3.30. The minimum Gasteiger partial charge on any atom is -0.508 e. The van der Waals surface area contributed by atoms with Crippen molar-refractivity contribution in [1.82, 2.24) is 5.32 Å². The van der Waals surface area contributed by atoms with E-state index in [1.165, 1.54) is 5.56 Å². The third-order valence-corrected chi connectivity index (χ3v) is 4.16. The molecule has 1 aliphatic carbocycles. The number of phenols is 1. The van der Waals surface area contributed by atoms with Gasteiger partial charge in [0.05, 0.1) is 6.42 Å². The second kappa shape index (κ2) is 5.60. The summed E-state index contributed by atoms with van der Waals surface area (Å²) in [5.41, 5.74) is 2.37. The maximum absolute atomic E-state index is 12.0. The molecule has 3 rings (SSSR count). The molecule has 3 nitrogen and oxygen atoms in total. The molecule has 0 saturated heterocycles. The van der Waals surface area contributed by atoms with Crippen LogP contribution in [0.3, 0.4) is 0 Å². The molecule has 0 unspecified atom stereocenters. The van der Waals surface area contributed by atoms with Gasteiger partial charge in [0.1, 0.15) is 5.75 Å². The van der Waals surface area contributed by atoms with Gasteiger partial charge in [-0.25, -0.2) is 0 Å². The monoisotopic (exact) mass is 281 g/mol. The van der Waals surface area contributed by atoms with Gasteiger partial charge < -0.3 is 10.4 Å². The summed E-state index contributed by atoms with van der Waals surface area (Å²) in [5, 5.41) is 12.3. The Balaban J connectivity index is 1.56. The fourth-order valence-electron chi connectivity index (χ4n) is 2.64. The molecule has 21 heavy (non-hydrogen) atoms. The van der Waals surface area contributed by atoms with E-state index in [4.69, 9.17) is 0 Å². The quantitative estimate of drug-likeness (QED) is 0.885.